The molecule has 0 radical (unpaired) electrons. The van der Waals surface area contributed by atoms with Crippen LogP contribution in [0.2, 0.25) is 0 Å². The molecular formula is C31H41F. The summed E-state index contributed by atoms with van der Waals surface area (Å²) >= 11 is 0. The topological polar surface area (TPSA) is 0 Å². The summed E-state index contributed by atoms with van der Waals surface area (Å²) in [6.45, 7) is 1.85. The molecule has 2 saturated carbocycles. The summed E-state index contributed by atoms with van der Waals surface area (Å²) in [5, 5.41) is 0. The van der Waals surface area contributed by atoms with Crippen molar-refractivity contribution in [2.45, 2.75) is 83.5 Å². The van der Waals surface area contributed by atoms with Gasteiger partial charge in [0.1, 0.15) is 0 Å². The minimum atomic E-state index is -0.283. The molecule has 0 spiro atoms. The van der Waals surface area contributed by atoms with Gasteiger partial charge in [0.05, 0.1) is 6.67 Å². The van der Waals surface area contributed by atoms with Crippen LogP contribution >= 0.6 is 0 Å². The van der Waals surface area contributed by atoms with Gasteiger partial charge in [-0.25, -0.2) is 0 Å². The zero-order valence-corrected chi connectivity index (χ0v) is 19.9. The third-order valence-electron chi connectivity index (χ3n) is 8.36. The SMILES string of the molecule is CC=CCCC1CCC(C2CCC(c3ccc(-c4ccc(CCF)cc4)cc3)CC2)CC1. The van der Waals surface area contributed by atoms with Gasteiger partial charge in [-0.15, -0.1) is 0 Å². The Morgan fingerprint density at radius 3 is 1.88 bits per heavy atom. The summed E-state index contributed by atoms with van der Waals surface area (Å²) in [7, 11) is 0. The van der Waals surface area contributed by atoms with Crippen LogP contribution in [0, 0.1) is 17.8 Å². The van der Waals surface area contributed by atoms with E-state index < -0.39 is 0 Å². The van der Waals surface area contributed by atoms with Gasteiger partial charge in [0.15, 0.2) is 0 Å². The van der Waals surface area contributed by atoms with Crippen molar-refractivity contribution in [3.8, 4) is 11.1 Å². The first-order chi connectivity index (χ1) is 15.8. The molecule has 0 amide bonds. The van der Waals surface area contributed by atoms with Crippen molar-refractivity contribution < 1.29 is 4.39 Å². The fraction of sp³-hybridized carbons (Fsp3) is 0.548. The summed E-state index contributed by atoms with van der Waals surface area (Å²) in [6, 6.07) is 17.6. The van der Waals surface area contributed by atoms with E-state index in [-0.39, 0.29) is 6.67 Å². The summed E-state index contributed by atoms with van der Waals surface area (Å²) in [6.07, 6.45) is 19.2. The van der Waals surface area contributed by atoms with Gasteiger partial charge in [0, 0.05) is 6.42 Å². The van der Waals surface area contributed by atoms with Crippen molar-refractivity contribution >= 4 is 0 Å². The van der Waals surface area contributed by atoms with Gasteiger partial charge in [-0.3, -0.25) is 4.39 Å². The van der Waals surface area contributed by atoms with Gasteiger partial charge in [-0.05, 0) is 104 Å². The molecule has 0 saturated heterocycles. The van der Waals surface area contributed by atoms with Crippen molar-refractivity contribution in [2.24, 2.45) is 17.8 Å². The Hall–Kier alpha value is -1.89. The highest BCUT2D eigenvalue weighted by molar-refractivity contribution is 5.64. The number of allylic oxidation sites excluding steroid dienone is 2. The van der Waals surface area contributed by atoms with E-state index in [2.05, 4.69) is 67.6 Å². The lowest BCUT2D eigenvalue weighted by Crippen LogP contribution is -2.25. The van der Waals surface area contributed by atoms with Gasteiger partial charge in [-0.2, -0.15) is 0 Å². The van der Waals surface area contributed by atoms with Gasteiger partial charge in [0.25, 0.3) is 0 Å². The normalized spacial score (nSPS) is 26.4. The molecule has 0 aliphatic heterocycles. The lowest BCUT2D eigenvalue weighted by Gasteiger charge is -2.38. The molecule has 0 bridgehead atoms. The third-order valence-corrected chi connectivity index (χ3v) is 8.36. The average Bonchev–Trinajstić information content (AvgIpc) is 2.86. The van der Waals surface area contributed by atoms with Crippen LogP contribution in [0.25, 0.3) is 11.1 Å². The molecule has 0 heterocycles. The molecular weight excluding hydrogens is 391 g/mol. The Bertz CT molecular complexity index is 816. The fourth-order valence-corrected chi connectivity index (χ4v) is 6.29. The number of benzene rings is 2. The maximum absolute atomic E-state index is 12.5. The highest BCUT2D eigenvalue weighted by atomic mass is 19.1. The zero-order valence-electron chi connectivity index (χ0n) is 19.9. The number of hydrogen-bond acceptors (Lipinski definition) is 0. The first kappa shape index (κ1) is 23.3. The van der Waals surface area contributed by atoms with Crippen LogP contribution in [-0.4, -0.2) is 6.67 Å². The van der Waals surface area contributed by atoms with Crippen molar-refractivity contribution in [2.75, 3.05) is 6.67 Å². The molecule has 172 valence electrons. The summed E-state index contributed by atoms with van der Waals surface area (Å²) in [5.74, 6) is 3.70. The smallest absolute Gasteiger partial charge is 0.0934 e. The van der Waals surface area contributed by atoms with E-state index in [0.29, 0.717) is 6.42 Å². The maximum Gasteiger partial charge on any atom is 0.0934 e. The van der Waals surface area contributed by atoms with Crippen molar-refractivity contribution in [1.82, 2.24) is 0 Å². The largest absolute Gasteiger partial charge is 0.251 e. The minimum absolute atomic E-state index is 0.283. The third kappa shape index (κ3) is 6.12. The van der Waals surface area contributed by atoms with Crippen LogP contribution in [0.15, 0.2) is 60.7 Å². The molecule has 32 heavy (non-hydrogen) atoms. The standard InChI is InChI=1S/C31H41F/c1-2-3-4-5-24-6-10-26(11-7-24)28-14-18-30(19-15-28)31-20-16-29(17-21-31)27-12-8-25(9-13-27)22-23-32/h2-3,8-9,12-13,16-17,20-21,24,26,28,30H,4-7,10-11,14-15,18-19,22-23H2,1H3. The average molecular weight is 433 g/mol. The predicted molar refractivity (Wildman–Crippen MR) is 136 cm³/mol. The Labute approximate surface area is 195 Å². The molecule has 0 aromatic heterocycles. The Balaban J connectivity index is 1.25. The van der Waals surface area contributed by atoms with Crippen LogP contribution in [0.1, 0.15) is 88.2 Å². The van der Waals surface area contributed by atoms with Crippen molar-refractivity contribution in [3.05, 3.63) is 71.8 Å². The molecule has 2 aliphatic rings. The highest BCUT2D eigenvalue weighted by Gasteiger charge is 2.31. The fourth-order valence-electron chi connectivity index (χ4n) is 6.29. The highest BCUT2D eigenvalue weighted by Crippen LogP contribution is 2.44. The predicted octanol–water partition coefficient (Wildman–Crippen LogP) is 9.30. The number of hydrogen-bond donors (Lipinski definition) is 0. The molecule has 4 rings (SSSR count). The van der Waals surface area contributed by atoms with Crippen LogP contribution in [0.5, 0.6) is 0 Å². The Morgan fingerprint density at radius 1 is 0.750 bits per heavy atom. The van der Waals surface area contributed by atoms with Crippen LogP contribution < -0.4 is 0 Å². The molecule has 2 fully saturated rings. The van der Waals surface area contributed by atoms with E-state index in [0.717, 1.165) is 29.2 Å². The summed E-state index contributed by atoms with van der Waals surface area (Å²) in [4.78, 5) is 0. The van der Waals surface area contributed by atoms with E-state index in [1.54, 1.807) is 0 Å². The van der Waals surface area contributed by atoms with Crippen molar-refractivity contribution in [1.29, 1.82) is 0 Å². The van der Waals surface area contributed by atoms with E-state index >= 15 is 0 Å². The van der Waals surface area contributed by atoms with E-state index in [4.69, 9.17) is 0 Å². The second-order valence-corrected chi connectivity index (χ2v) is 10.3. The minimum Gasteiger partial charge on any atom is -0.251 e. The van der Waals surface area contributed by atoms with Crippen LogP contribution in [0.4, 0.5) is 4.39 Å². The van der Waals surface area contributed by atoms with Crippen LogP contribution in [0.3, 0.4) is 0 Å². The molecule has 0 nitrogen and oxygen atoms in total. The molecule has 2 aliphatic carbocycles. The molecule has 2 aromatic rings. The monoisotopic (exact) mass is 432 g/mol. The lowest BCUT2D eigenvalue weighted by molar-refractivity contribution is 0.157. The molecule has 1 heteroatoms. The molecule has 0 N–H and O–H groups in total. The van der Waals surface area contributed by atoms with E-state index in [1.807, 2.05) is 0 Å². The number of rotatable bonds is 8. The summed E-state index contributed by atoms with van der Waals surface area (Å²) in [5.41, 5.74) is 5.09. The number of halogens is 1. The zero-order chi connectivity index (χ0) is 22.2. The van der Waals surface area contributed by atoms with Crippen molar-refractivity contribution in [3.63, 3.8) is 0 Å². The second kappa shape index (κ2) is 11.8. The Morgan fingerprint density at radius 2 is 1.31 bits per heavy atom. The quantitative estimate of drug-likeness (QED) is 0.364. The van der Waals surface area contributed by atoms with Crippen LogP contribution in [-0.2, 0) is 6.42 Å². The maximum atomic E-state index is 12.5. The number of aryl methyl sites for hydroxylation is 1. The number of alkyl halides is 1. The second-order valence-electron chi connectivity index (χ2n) is 10.3. The van der Waals surface area contributed by atoms with Gasteiger partial charge in [0.2, 0.25) is 0 Å². The first-order valence-corrected chi connectivity index (χ1v) is 13.1. The van der Waals surface area contributed by atoms with Gasteiger partial charge in [-0.1, -0.05) is 73.5 Å². The van der Waals surface area contributed by atoms with E-state index in [9.17, 15) is 4.39 Å². The van der Waals surface area contributed by atoms with E-state index in [1.165, 1.54) is 80.9 Å². The van der Waals surface area contributed by atoms with Gasteiger partial charge >= 0.3 is 0 Å². The first-order valence-electron chi connectivity index (χ1n) is 13.1. The summed E-state index contributed by atoms with van der Waals surface area (Å²) < 4.78 is 12.5. The Kier molecular flexibility index (Phi) is 8.60. The molecule has 2 aromatic carbocycles. The lowest BCUT2D eigenvalue weighted by atomic mass is 9.68. The molecule has 0 atom stereocenters. The molecule has 0 unspecified atom stereocenters. The van der Waals surface area contributed by atoms with Gasteiger partial charge < -0.3 is 0 Å².